The number of aromatic nitrogens is 1. The molecule has 21 heavy (non-hydrogen) atoms. The molecule has 0 bridgehead atoms. The molecule has 1 aromatic carbocycles. The van der Waals surface area contributed by atoms with Gasteiger partial charge in [-0.15, -0.1) is 11.3 Å². The predicted molar refractivity (Wildman–Crippen MR) is 91.8 cm³/mol. The molecule has 2 nitrogen and oxygen atoms in total. The van der Waals surface area contributed by atoms with Gasteiger partial charge in [0.15, 0.2) is 0 Å². The number of hydrogen-bond donors (Lipinski definition) is 1. The van der Waals surface area contributed by atoms with E-state index in [1.54, 1.807) is 17.4 Å². The second-order valence-electron chi connectivity index (χ2n) is 5.38. The zero-order valence-corrected chi connectivity index (χ0v) is 14.3. The maximum Gasteiger partial charge on any atom is 0.123 e. The van der Waals surface area contributed by atoms with E-state index >= 15 is 0 Å². The molecule has 0 fully saturated rings. The van der Waals surface area contributed by atoms with E-state index in [0.29, 0.717) is 16.0 Å². The highest BCUT2D eigenvalue weighted by molar-refractivity contribution is 7.15. The maximum absolute atomic E-state index is 6.11. The first-order valence-corrected chi connectivity index (χ1v) is 8.91. The van der Waals surface area contributed by atoms with Gasteiger partial charge in [-0.1, -0.05) is 30.1 Å². The lowest BCUT2D eigenvalue weighted by molar-refractivity contribution is 0.509. The first-order valence-electron chi connectivity index (χ1n) is 7.34. The lowest BCUT2D eigenvalue weighted by atomic mass is 9.91. The summed E-state index contributed by atoms with van der Waals surface area (Å²) in [6, 6.07) is 5.64. The van der Waals surface area contributed by atoms with Crippen molar-refractivity contribution >= 4 is 34.5 Å². The molecule has 1 aliphatic rings. The molecule has 0 amide bonds. The van der Waals surface area contributed by atoms with Crippen LogP contribution in [0.2, 0.25) is 10.0 Å². The van der Waals surface area contributed by atoms with Crippen LogP contribution in [0.1, 0.15) is 36.3 Å². The first kappa shape index (κ1) is 15.3. The van der Waals surface area contributed by atoms with E-state index in [4.69, 9.17) is 28.2 Å². The van der Waals surface area contributed by atoms with Crippen molar-refractivity contribution in [1.29, 1.82) is 0 Å². The highest BCUT2D eigenvalue weighted by Crippen LogP contribution is 2.39. The van der Waals surface area contributed by atoms with Crippen LogP contribution >= 0.6 is 34.5 Å². The number of rotatable bonds is 4. The summed E-state index contributed by atoms with van der Waals surface area (Å²) < 4.78 is 0. The minimum absolute atomic E-state index is 0.536. The molecule has 3 rings (SSSR count). The molecule has 1 atom stereocenters. The van der Waals surface area contributed by atoms with Gasteiger partial charge in [-0.3, -0.25) is 0 Å². The summed E-state index contributed by atoms with van der Waals surface area (Å²) in [5.41, 5.74) is 2.30. The van der Waals surface area contributed by atoms with Gasteiger partial charge in [0.2, 0.25) is 0 Å². The Morgan fingerprint density at radius 2 is 2.05 bits per heavy atom. The molecule has 1 aromatic heterocycles. The number of benzene rings is 1. The fourth-order valence-corrected chi connectivity index (χ4v) is 4.53. The fraction of sp³-hybridized carbons (Fsp3) is 0.438. The number of halogens is 2. The molecule has 112 valence electrons. The van der Waals surface area contributed by atoms with Crippen molar-refractivity contribution in [3.05, 3.63) is 38.8 Å². The quantitative estimate of drug-likeness (QED) is 0.832. The number of hydrogen-bond acceptors (Lipinski definition) is 3. The molecule has 0 spiro atoms. The molecule has 1 aliphatic carbocycles. The van der Waals surface area contributed by atoms with E-state index in [9.17, 15) is 0 Å². The van der Waals surface area contributed by atoms with E-state index in [1.807, 2.05) is 12.1 Å². The monoisotopic (exact) mass is 340 g/mol. The Morgan fingerprint density at radius 1 is 1.29 bits per heavy atom. The molecule has 2 aromatic rings. The van der Waals surface area contributed by atoms with Gasteiger partial charge in [-0.05, 0) is 44.0 Å². The third-order valence-corrected chi connectivity index (χ3v) is 5.44. The van der Waals surface area contributed by atoms with E-state index in [-0.39, 0.29) is 0 Å². The molecular formula is C16H18Cl2N2S. The topological polar surface area (TPSA) is 24.9 Å². The number of nitrogens with zero attached hydrogens (tertiary/aromatic N) is 1. The lowest BCUT2D eigenvalue weighted by Gasteiger charge is -2.21. The molecule has 1 heterocycles. The van der Waals surface area contributed by atoms with Crippen LogP contribution in [0.25, 0.3) is 10.6 Å². The summed E-state index contributed by atoms with van der Waals surface area (Å²) in [5.74, 6) is 0.536. The number of likely N-dealkylation sites (N-methyl/N-ethyl adjacent to an activating group) is 1. The van der Waals surface area contributed by atoms with E-state index in [2.05, 4.69) is 12.2 Å². The third-order valence-electron chi connectivity index (χ3n) is 3.82. The smallest absolute Gasteiger partial charge is 0.123 e. The normalized spacial score (nSPS) is 17.8. The highest BCUT2D eigenvalue weighted by atomic mass is 35.5. The highest BCUT2D eigenvalue weighted by Gasteiger charge is 2.24. The summed E-state index contributed by atoms with van der Waals surface area (Å²) in [6.07, 6.45) is 3.62. The average molecular weight is 341 g/mol. The molecule has 0 saturated heterocycles. The zero-order valence-electron chi connectivity index (χ0n) is 12.0. The number of aryl methyl sites for hydroxylation is 1. The van der Waals surface area contributed by atoms with Gasteiger partial charge in [0, 0.05) is 32.9 Å². The van der Waals surface area contributed by atoms with E-state index in [1.165, 1.54) is 23.4 Å². The summed E-state index contributed by atoms with van der Waals surface area (Å²) in [6.45, 7) is 4.17. The van der Waals surface area contributed by atoms with Crippen LogP contribution in [0.5, 0.6) is 0 Å². The zero-order chi connectivity index (χ0) is 14.8. The van der Waals surface area contributed by atoms with Crippen molar-refractivity contribution in [3.8, 4) is 10.6 Å². The number of thiazole rings is 1. The van der Waals surface area contributed by atoms with E-state index < -0.39 is 0 Å². The summed E-state index contributed by atoms with van der Waals surface area (Å²) in [5, 5.41) is 5.81. The number of fused-ring (bicyclic) bond motifs is 1. The lowest BCUT2D eigenvalue weighted by Crippen LogP contribution is -2.23. The van der Waals surface area contributed by atoms with Gasteiger partial charge >= 0.3 is 0 Å². The van der Waals surface area contributed by atoms with Crippen molar-refractivity contribution in [2.45, 2.75) is 32.1 Å². The van der Waals surface area contributed by atoms with Gasteiger partial charge in [-0.25, -0.2) is 4.98 Å². The van der Waals surface area contributed by atoms with Gasteiger partial charge in [0.1, 0.15) is 5.01 Å². The van der Waals surface area contributed by atoms with Crippen LogP contribution in [0.4, 0.5) is 0 Å². The second kappa shape index (κ2) is 6.66. The summed E-state index contributed by atoms with van der Waals surface area (Å²) >= 11 is 14.0. The maximum atomic E-state index is 6.11. The average Bonchev–Trinajstić information content (AvgIpc) is 2.88. The fourth-order valence-electron chi connectivity index (χ4n) is 2.83. The summed E-state index contributed by atoms with van der Waals surface area (Å²) in [4.78, 5) is 6.32. The van der Waals surface area contributed by atoms with Crippen molar-refractivity contribution in [2.24, 2.45) is 0 Å². The Labute approximate surface area is 139 Å². The largest absolute Gasteiger partial charge is 0.316 e. The Hall–Kier alpha value is -0.610. The van der Waals surface area contributed by atoms with Gasteiger partial charge in [0.25, 0.3) is 0 Å². The van der Waals surface area contributed by atoms with Gasteiger partial charge < -0.3 is 5.32 Å². The third kappa shape index (κ3) is 3.42. The molecule has 0 aliphatic heterocycles. The minimum atomic E-state index is 0.536. The number of nitrogens with one attached hydrogen (secondary N) is 1. The van der Waals surface area contributed by atoms with Crippen LogP contribution in [-0.2, 0) is 6.42 Å². The summed E-state index contributed by atoms with van der Waals surface area (Å²) in [7, 11) is 0. The Balaban J connectivity index is 1.93. The molecule has 5 heteroatoms. The minimum Gasteiger partial charge on any atom is -0.316 e. The molecule has 1 unspecified atom stereocenters. The van der Waals surface area contributed by atoms with Crippen molar-refractivity contribution in [3.63, 3.8) is 0 Å². The standard InChI is InChI=1S/C16H18Cl2N2S/c1-2-19-9-10-4-3-5-14-15(10)20-16(21-14)11-6-12(17)8-13(18)7-11/h6-8,10,19H,2-5,9H2,1H3. The molecule has 0 radical (unpaired) electrons. The first-order chi connectivity index (χ1) is 10.2. The van der Waals surface area contributed by atoms with Crippen molar-refractivity contribution in [1.82, 2.24) is 10.3 Å². The Morgan fingerprint density at radius 3 is 2.76 bits per heavy atom. The van der Waals surface area contributed by atoms with Crippen LogP contribution in [0.15, 0.2) is 18.2 Å². The van der Waals surface area contributed by atoms with Crippen LogP contribution in [0.3, 0.4) is 0 Å². The Kier molecular flexibility index (Phi) is 4.85. The van der Waals surface area contributed by atoms with Crippen molar-refractivity contribution in [2.75, 3.05) is 13.1 Å². The van der Waals surface area contributed by atoms with Gasteiger partial charge in [0.05, 0.1) is 5.69 Å². The molecule has 0 saturated carbocycles. The van der Waals surface area contributed by atoms with Gasteiger partial charge in [-0.2, -0.15) is 0 Å². The Bertz CT molecular complexity index is 619. The van der Waals surface area contributed by atoms with Crippen LogP contribution in [-0.4, -0.2) is 18.1 Å². The SMILES string of the molecule is CCNCC1CCCc2sc(-c3cc(Cl)cc(Cl)c3)nc21. The second-order valence-corrected chi connectivity index (χ2v) is 7.34. The molecule has 1 N–H and O–H groups in total. The predicted octanol–water partition coefficient (Wildman–Crippen LogP) is 5.15. The molecular weight excluding hydrogens is 323 g/mol. The van der Waals surface area contributed by atoms with Crippen LogP contribution < -0.4 is 5.32 Å². The van der Waals surface area contributed by atoms with Crippen LogP contribution in [0, 0.1) is 0 Å². The van der Waals surface area contributed by atoms with E-state index in [0.717, 1.165) is 30.1 Å². The van der Waals surface area contributed by atoms with Crippen molar-refractivity contribution < 1.29 is 0 Å².